The molecule has 0 aromatic heterocycles. The third-order valence-electron chi connectivity index (χ3n) is 17.0. The van der Waals surface area contributed by atoms with Crippen molar-refractivity contribution in [2.45, 2.75) is 380 Å². The number of amides is 1. The van der Waals surface area contributed by atoms with Crippen LogP contribution in [0.3, 0.4) is 0 Å². The van der Waals surface area contributed by atoms with Crippen molar-refractivity contribution in [2.75, 3.05) is 40.9 Å². The van der Waals surface area contributed by atoms with E-state index in [9.17, 15) is 19.0 Å². The molecule has 0 saturated heterocycles. The van der Waals surface area contributed by atoms with Crippen LogP contribution in [0, 0.1) is 0 Å². The van der Waals surface area contributed by atoms with Crippen LogP contribution in [0.5, 0.6) is 0 Å². The monoisotopic (exact) mass is 1240 g/mol. The van der Waals surface area contributed by atoms with E-state index in [1.807, 2.05) is 33.3 Å². The molecule has 9 nitrogen and oxygen atoms in total. The smallest absolute Gasteiger partial charge is 0.306 e. The number of hydrogen-bond acceptors (Lipinski definition) is 7. The second kappa shape index (κ2) is 66.6. The maximum absolute atomic E-state index is 13.6. The van der Waals surface area contributed by atoms with Crippen molar-refractivity contribution in [3.05, 3.63) is 60.8 Å². The Labute approximate surface area is 541 Å². The maximum Gasteiger partial charge on any atom is 0.306 e. The van der Waals surface area contributed by atoms with Gasteiger partial charge in [0.25, 0.3) is 7.82 Å². The lowest BCUT2D eigenvalue weighted by Gasteiger charge is -2.30. The Balaban J connectivity index is 5.03. The van der Waals surface area contributed by atoms with Gasteiger partial charge in [0.2, 0.25) is 5.91 Å². The molecule has 0 aliphatic heterocycles. The second-order valence-electron chi connectivity index (χ2n) is 26.8. The van der Waals surface area contributed by atoms with Gasteiger partial charge < -0.3 is 28.5 Å². The first-order valence-corrected chi connectivity index (χ1v) is 39.1. The van der Waals surface area contributed by atoms with Crippen LogP contribution >= 0.6 is 7.82 Å². The Hall–Kier alpha value is -2.29. The van der Waals surface area contributed by atoms with E-state index in [2.05, 4.69) is 74.7 Å². The number of hydrogen-bond donors (Lipinski definition) is 1. The number of carbonyl (C=O) groups is 2. The van der Waals surface area contributed by atoms with Crippen LogP contribution in [0.4, 0.5) is 0 Å². The van der Waals surface area contributed by atoms with Crippen LogP contribution in [-0.2, 0) is 27.9 Å². The van der Waals surface area contributed by atoms with Crippen LogP contribution in [0.1, 0.15) is 367 Å². The number of ether oxygens (including phenoxy) is 1. The van der Waals surface area contributed by atoms with Gasteiger partial charge in [0.05, 0.1) is 33.8 Å². The third-order valence-corrected chi connectivity index (χ3v) is 17.9. The molecule has 87 heavy (non-hydrogen) atoms. The number of quaternary nitrogens is 1. The summed E-state index contributed by atoms with van der Waals surface area (Å²) in [5, 5.41) is 3.05. The summed E-state index contributed by atoms with van der Waals surface area (Å²) in [6.07, 6.45) is 86.4. The molecule has 1 N–H and O–H groups in total. The number of phosphoric ester groups is 1. The third kappa shape index (κ3) is 67.9. The Bertz CT molecular complexity index is 1670. The van der Waals surface area contributed by atoms with E-state index in [1.54, 1.807) is 0 Å². The van der Waals surface area contributed by atoms with Crippen molar-refractivity contribution >= 4 is 19.7 Å². The minimum atomic E-state index is -4.71. The van der Waals surface area contributed by atoms with Crippen LogP contribution in [-0.4, -0.2) is 69.4 Å². The molecule has 0 aliphatic rings. The number of unbranched alkanes of at least 4 members (excludes halogenated alkanes) is 45. The summed E-state index contributed by atoms with van der Waals surface area (Å²) in [5.41, 5.74) is 0. The van der Waals surface area contributed by atoms with Gasteiger partial charge in [-0.15, -0.1) is 0 Å². The Morgan fingerprint density at radius 1 is 0.402 bits per heavy atom. The van der Waals surface area contributed by atoms with Gasteiger partial charge in [0.1, 0.15) is 19.3 Å². The molecule has 0 aromatic carbocycles. The van der Waals surface area contributed by atoms with Crippen molar-refractivity contribution < 1.29 is 37.3 Å². The molecule has 0 saturated carbocycles. The van der Waals surface area contributed by atoms with Crippen molar-refractivity contribution in [3.8, 4) is 0 Å². The van der Waals surface area contributed by atoms with Gasteiger partial charge in [0.15, 0.2) is 0 Å². The summed E-state index contributed by atoms with van der Waals surface area (Å²) < 4.78 is 30.5. The SMILES string of the molecule is CCCCC/C=C\C/C=C\C/C=C\C/C=C\CCCCCCCC(=O)OC(/C=C/CCCCCCCCCCCCC)C(COP(=O)([O-])OCC[N+](C)(C)C)NC(=O)CCCCCCCCCCCCCCCCCCCCCCCCCCCCC. The molecule has 0 aliphatic carbocycles. The highest BCUT2D eigenvalue weighted by Gasteiger charge is 2.27. The van der Waals surface area contributed by atoms with E-state index in [0.29, 0.717) is 23.9 Å². The number of esters is 1. The Kier molecular flexibility index (Phi) is 64.9. The maximum atomic E-state index is 13.6. The molecule has 0 bridgehead atoms. The van der Waals surface area contributed by atoms with Crippen LogP contribution < -0.4 is 10.2 Å². The topological polar surface area (TPSA) is 114 Å². The summed E-state index contributed by atoms with van der Waals surface area (Å²) in [6, 6.07) is -0.897. The first-order chi connectivity index (χ1) is 42.4. The summed E-state index contributed by atoms with van der Waals surface area (Å²) in [7, 11) is 1.18. The predicted octanol–water partition coefficient (Wildman–Crippen LogP) is 23.5. The van der Waals surface area contributed by atoms with Crippen LogP contribution in [0.25, 0.3) is 0 Å². The Morgan fingerprint density at radius 2 is 0.701 bits per heavy atom. The van der Waals surface area contributed by atoms with Gasteiger partial charge in [0, 0.05) is 12.8 Å². The molecule has 3 atom stereocenters. The lowest BCUT2D eigenvalue weighted by Crippen LogP contribution is -2.47. The second-order valence-corrected chi connectivity index (χ2v) is 28.2. The lowest BCUT2D eigenvalue weighted by atomic mass is 10.0. The van der Waals surface area contributed by atoms with E-state index in [1.165, 1.54) is 238 Å². The lowest BCUT2D eigenvalue weighted by molar-refractivity contribution is -0.870. The number of likely N-dealkylation sites (N-methyl/N-ethyl adjacent to an activating group) is 1. The standard InChI is InChI=1S/C77H145N2O7P/c1-7-10-13-16-19-22-25-28-30-32-34-36-37-38-39-40-41-43-44-46-48-51-54-57-60-63-66-69-76(80)78-74(73-85-87(82,83)84-72-71-79(4,5)6)75(68-65-62-59-56-53-50-27-24-21-18-15-12-9-3)86-77(81)70-67-64-61-58-55-52-49-47-45-42-35-33-31-29-26-23-20-17-14-11-8-2/h20,23,29,31,35,42,47,49,65,68,74-75H,7-19,21-22,24-28,30,32-34,36-41,43-46,48,50-64,66-67,69-73H2,1-6H3,(H-,78,80,82,83)/b23-20-,31-29-,42-35-,49-47-,68-65+. The van der Waals surface area contributed by atoms with E-state index < -0.39 is 26.6 Å². The molecule has 0 rings (SSSR count). The number of allylic oxidation sites excluding steroid dienone is 9. The normalized spacial score (nSPS) is 13.8. The summed E-state index contributed by atoms with van der Waals surface area (Å²) in [6.45, 7) is 6.86. The largest absolute Gasteiger partial charge is 0.756 e. The highest BCUT2D eigenvalue weighted by molar-refractivity contribution is 7.45. The number of nitrogens with zero attached hydrogens (tertiary/aromatic N) is 1. The zero-order chi connectivity index (χ0) is 63.5. The molecule has 3 unspecified atom stereocenters. The van der Waals surface area contributed by atoms with Crippen molar-refractivity contribution in [1.29, 1.82) is 0 Å². The van der Waals surface area contributed by atoms with Gasteiger partial charge in [-0.05, 0) is 76.7 Å². The quantitative estimate of drug-likeness (QED) is 0.0212. The van der Waals surface area contributed by atoms with E-state index >= 15 is 0 Å². The highest BCUT2D eigenvalue weighted by Crippen LogP contribution is 2.38. The molecule has 10 heteroatoms. The molecular formula is C77H145N2O7P. The van der Waals surface area contributed by atoms with Crippen molar-refractivity contribution in [1.82, 2.24) is 5.32 Å². The molecule has 0 aromatic rings. The molecule has 0 heterocycles. The summed E-state index contributed by atoms with van der Waals surface area (Å²) >= 11 is 0. The first-order valence-electron chi connectivity index (χ1n) is 37.6. The molecule has 0 radical (unpaired) electrons. The van der Waals surface area contributed by atoms with E-state index in [4.69, 9.17) is 13.8 Å². The van der Waals surface area contributed by atoms with Gasteiger partial charge in [-0.25, -0.2) is 0 Å². The summed E-state index contributed by atoms with van der Waals surface area (Å²) in [5.74, 6) is -0.546. The fourth-order valence-corrected chi connectivity index (χ4v) is 11.9. The minimum absolute atomic E-state index is 0.0250. The minimum Gasteiger partial charge on any atom is -0.756 e. The number of nitrogens with one attached hydrogen (secondary N) is 1. The first kappa shape index (κ1) is 84.7. The molecule has 1 amide bonds. The number of rotatable bonds is 69. The number of carbonyl (C=O) groups excluding carboxylic acids is 2. The van der Waals surface area contributed by atoms with Crippen LogP contribution in [0.2, 0.25) is 0 Å². The van der Waals surface area contributed by atoms with Crippen molar-refractivity contribution in [2.24, 2.45) is 0 Å². The predicted molar refractivity (Wildman–Crippen MR) is 376 cm³/mol. The zero-order valence-corrected chi connectivity index (χ0v) is 59.4. The fourth-order valence-electron chi connectivity index (χ4n) is 11.2. The molecule has 510 valence electrons. The van der Waals surface area contributed by atoms with E-state index in [0.717, 1.165) is 89.9 Å². The van der Waals surface area contributed by atoms with Gasteiger partial charge in [-0.1, -0.05) is 339 Å². The highest BCUT2D eigenvalue weighted by atomic mass is 31.2. The average molecular weight is 1240 g/mol. The number of phosphoric acid groups is 1. The fraction of sp³-hybridized carbons (Fsp3) is 0.844. The molecule has 0 spiro atoms. The molecular weight excluding hydrogens is 1100 g/mol. The average Bonchev–Trinajstić information content (AvgIpc) is 3.70. The van der Waals surface area contributed by atoms with E-state index in [-0.39, 0.29) is 24.9 Å². The van der Waals surface area contributed by atoms with Gasteiger partial charge in [-0.2, -0.15) is 0 Å². The van der Waals surface area contributed by atoms with Crippen molar-refractivity contribution in [3.63, 3.8) is 0 Å². The Morgan fingerprint density at radius 3 is 1.07 bits per heavy atom. The summed E-state index contributed by atoms with van der Waals surface area (Å²) in [4.78, 5) is 40.3. The zero-order valence-electron chi connectivity index (χ0n) is 58.5. The van der Waals surface area contributed by atoms with Gasteiger partial charge >= 0.3 is 5.97 Å². The molecule has 0 fully saturated rings. The van der Waals surface area contributed by atoms with Gasteiger partial charge in [-0.3, -0.25) is 14.2 Å². The van der Waals surface area contributed by atoms with Crippen LogP contribution in [0.15, 0.2) is 60.8 Å².